The topological polar surface area (TPSA) is 44.5 Å². The zero-order valence-corrected chi connectivity index (χ0v) is 9.94. The van der Waals surface area contributed by atoms with E-state index >= 15 is 0 Å². The maximum atomic E-state index is 5.70. The molecule has 1 heterocycles. The van der Waals surface area contributed by atoms with Crippen LogP contribution in [0.15, 0.2) is 24.3 Å². The Morgan fingerprint density at radius 1 is 1.20 bits per heavy atom. The van der Waals surface area contributed by atoms with E-state index in [-0.39, 0.29) is 12.1 Å². The van der Waals surface area contributed by atoms with E-state index in [0.29, 0.717) is 0 Å². The highest BCUT2D eigenvalue weighted by Crippen LogP contribution is 2.15. The molecule has 0 aromatic heterocycles. The Morgan fingerprint density at radius 2 is 1.80 bits per heavy atom. The van der Waals surface area contributed by atoms with Gasteiger partial charge in [-0.2, -0.15) is 0 Å². The summed E-state index contributed by atoms with van der Waals surface area (Å²) in [6, 6.07) is 7.95. The number of halogens is 1. The van der Waals surface area contributed by atoms with Gasteiger partial charge in [0.2, 0.25) is 0 Å². The third kappa shape index (κ3) is 2.81. The molecule has 0 radical (unpaired) electrons. The molecule has 0 bridgehead atoms. The molecule has 0 spiro atoms. The molecule has 1 unspecified atom stereocenters. The van der Waals surface area contributed by atoms with Gasteiger partial charge in [-0.3, -0.25) is 0 Å². The summed E-state index contributed by atoms with van der Waals surface area (Å²) in [4.78, 5) is -0.111. The Kier molecular flexibility index (Phi) is 3.80. The van der Waals surface area contributed by atoms with E-state index in [9.17, 15) is 0 Å². The molecule has 1 fully saturated rings. The van der Waals surface area contributed by atoms with Crippen molar-refractivity contribution in [3.63, 3.8) is 0 Å². The molecular weight excluding hydrogens is 257 g/mol. The van der Waals surface area contributed by atoms with Crippen LogP contribution >= 0.6 is 15.9 Å². The Morgan fingerprint density at radius 3 is 2.33 bits per heavy atom. The summed E-state index contributed by atoms with van der Waals surface area (Å²) in [5.41, 5.74) is 7.79. The van der Waals surface area contributed by atoms with Crippen LogP contribution in [-0.2, 0) is 9.31 Å². The van der Waals surface area contributed by atoms with Crippen LogP contribution in [-0.4, -0.2) is 20.3 Å². The molecule has 5 heteroatoms. The van der Waals surface area contributed by atoms with Gasteiger partial charge in [-0.25, -0.2) is 0 Å². The van der Waals surface area contributed by atoms with E-state index < -0.39 is 0 Å². The standard InChI is InChI=1S/C10H13BBrNO2/c12-10(13)8-2-4-9(5-3-8)11-14-6-1-7-15-11/h2-5,10H,1,6-7,13H2. The fourth-order valence-electron chi connectivity index (χ4n) is 1.52. The molecule has 2 rings (SSSR count). The fourth-order valence-corrected chi connectivity index (χ4v) is 1.82. The molecule has 1 atom stereocenters. The quantitative estimate of drug-likeness (QED) is 0.498. The normalized spacial score (nSPS) is 18.9. The molecule has 1 aliphatic heterocycles. The van der Waals surface area contributed by atoms with Gasteiger partial charge in [0.05, 0.1) is 4.95 Å². The Bertz CT molecular complexity index is 312. The van der Waals surface area contributed by atoms with Gasteiger partial charge in [0.15, 0.2) is 0 Å². The highest BCUT2D eigenvalue weighted by atomic mass is 79.9. The molecular formula is C10H13BBrNO2. The molecule has 1 aliphatic rings. The van der Waals surface area contributed by atoms with E-state index in [0.717, 1.165) is 30.7 Å². The van der Waals surface area contributed by atoms with Crippen molar-refractivity contribution in [2.75, 3.05) is 13.2 Å². The summed E-state index contributed by atoms with van der Waals surface area (Å²) in [6.45, 7) is 1.54. The molecule has 80 valence electrons. The van der Waals surface area contributed by atoms with Gasteiger partial charge in [-0.15, -0.1) is 0 Å². The van der Waals surface area contributed by atoms with Gasteiger partial charge in [0, 0.05) is 13.2 Å². The lowest BCUT2D eigenvalue weighted by Crippen LogP contribution is -2.40. The Hall–Kier alpha value is -0.355. The van der Waals surface area contributed by atoms with Gasteiger partial charge in [0.25, 0.3) is 0 Å². The Labute approximate surface area is 98.2 Å². The van der Waals surface area contributed by atoms with Crippen LogP contribution in [0.1, 0.15) is 16.9 Å². The summed E-state index contributed by atoms with van der Waals surface area (Å²) in [7, 11) is -0.209. The molecule has 3 nitrogen and oxygen atoms in total. The predicted octanol–water partition coefficient (Wildman–Crippen LogP) is 1.17. The van der Waals surface area contributed by atoms with E-state index in [1.165, 1.54) is 0 Å². The van der Waals surface area contributed by atoms with Crippen LogP contribution in [0, 0.1) is 0 Å². The maximum absolute atomic E-state index is 5.70. The van der Waals surface area contributed by atoms with E-state index in [1.54, 1.807) is 0 Å². The van der Waals surface area contributed by atoms with Crippen LogP contribution in [0.3, 0.4) is 0 Å². The van der Waals surface area contributed by atoms with Crippen molar-refractivity contribution in [3.8, 4) is 0 Å². The second kappa shape index (κ2) is 5.12. The average molecular weight is 270 g/mol. The number of hydrogen-bond donors (Lipinski definition) is 1. The van der Waals surface area contributed by atoms with Crippen LogP contribution in [0.2, 0.25) is 0 Å². The average Bonchev–Trinajstić information content (AvgIpc) is 2.30. The molecule has 0 amide bonds. The number of hydrogen-bond acceptors (Lipinski definition) is 3. The Balaban J connectivity index is 2.08. The van der Waals surface area contributed by atoms with Gasteiger partial charge in [-0.05, 0) is 17.4 Å². The first-order chi connectivity index (χ1) is 7.27. The third-order valence-electron chi connectivity index (χ3n) is 2.35. The highest BCUT2D eigenvalue weighted by Gasteiger charge is 2.24. The molecule has 2 N–H and O–H groups in total. The molecule has 0 aliphatic carbocycles. The third-order valence-corrected chi connectivity index (χ3v) is 2.88. The molecule has 15 heavy (non-hydrogen) atoms. The SMILES string of the molecule is NC(Br)c1ccc(B2OCCCO2)cc1. The summed E-state index contributed by atoms with van der Waals surface area (Å²) in [6.07, 6.45) is 0.973. The zero-order valence-electron chi connectivity index (χ0n) is 8.36. The van der Waals surface area contributed by atoms with Gasteiger partial charge >= 0.3 is 7.12 Å². The second-order valence-corrected chi connectivity index (χ2v) is 4.48. The molecule has 1 saturated heterocycles. The molecule has 1 aromatic rings. The minimum absolute atomic E-state index is 0.111. The minimum atomic E-state index is -0.209. The van der Waals surface area contributed by atoms with E-state index in [1.807, 2.05) is 24.3 Å². The summed E-state index contributed by atoms with van der Waals surface area (Å²) >= 11 is 3.32. The predicted molar refractivity (Wildman–Crippen MR) is 64.2 cm³/mol. The lowest BCUT2D eigenvalue weighted by atomic mass is 9.78. The zero-order chi connectivity index (χ0) is 10.7. The lowest BCUT2D eigenvalue weighted by Gasteiger charge is -2.20. The van der Waals surface area contributed by atoms with E-state index in [4.69, 9.17) is 15.0 Å². The van der Waals surface area contributed by atoms with Crippen LogP contribution in [0.5, 0.6) is 0 Å². The van der Waals surface area contributed by atoms with Crippen LogP contribution in [0.25, 0.3) is 0 Å². The van der Waals surface area contributed by atoms with E-state index in [2.05, 4.69) is 15.9 Å². The smallest absolute Gasteiger partial charge is 0.407 e. The minimum Gasteiger partial charge on any atom is -0.407 e. The summed E-state index contributed by atoms with van der Waals surface area (Å²) in [5, 5.41) is 0. The first-order valence-corrected chi connectivity index (χ1v) is 5.91. The van der Waals surface area contributed by atoms with Crippen LogP contribution < -0.4 is 11.2 Å². The number of benzene rings is 1. The first-order valence-electron chi connectivity index (χ1n) is 5.00. The van der Waals surface area contributed by atoms with Crippen molar-refractivity contribution in [2.45, 2.75) is 11.4 Å². The van der Waals surface area contributed by atoms with Crippen molar-refractivity contribution in [1.29, 1.82) is 0 Å². The molecule has 1 aromatic carbocycles. The van der Waals surface area contributed by atoms with Crippen molar-refractivity contribution >= 4 is 28.5 Å². The second-order valence-electron chi connectivity index (χ2n) is 3.50. The summed E-state index contributed by atoms with van der Waals surface area (Å²) in [5.74, 6) is 0. The van der Waals surface area contributed by atoms with Crippen molar-refractivity contribution in [2.24, 2.45) is 5.73 Å². The number of nitrogens with two attached hydrogens (primary N) is 1. The monoisotopic (exact) mass is 269 g/mol. The molecule has 0 saturated carbocycles. The number of rotatable bonds is 2. The lowest BCUT2D eigenvalue weighted by molar-refractivity contribution is 0.143. The largest absolute Gasteiger partial charge is 0.493 e. The van der Waals surface area contributed by atoms with Crippen molar-refractivity contribution < 1.29 is 9.31 Å². The van der Waals surface area contributed by atoms with Crippen molar-refractivity contribution in [1.82, 2.24) is 0 Å². The van der Waals surface area contributed by atoms with Gasteiger partial charge < -0.3 is 15.0 Å². The number of alkyl halides is 1. The first kappa shape index (κ1) is 11.1. The van der Waals surface area contributed by atoms with Crippen molar-refractivity contribution in [3.05, 3.63) is 29.8 Å². The van der Waals surface area contributed by atoms with Crippen LogP contribution in [0.4, 0.5) is 0 Å². The fraction of sp³-hybridized carbons (Fsp3) is 0.400. The van der Waals surface area contributed by atoms with Gasteiger partial charge in [-0.1, -0.05) is 40.2 Å². The van der Waals surface area contributed by atoms with Gasteiger partial charge in [0.1, 0.15) is 0 Å². The highest BCUT2D eigenvalue weighted by molar-refractivity contribution is 9.09. The summed E-state index contributed by atoms with van der Waals surface area (Å²) < 4.78 is 11.0. The maximum Gasteiger partial charge on any atom is 0.493 e.